The van der Waals surface area contributed by atoms with Crippen molar-refractivity contribution in [3.8, 4) is 11.5 Å². The molecular formula is C19H22N4O3. The van der Waals surface area contributed by atoms with E-state index in [2.05, 4.69) is 27.9 Å². The molecule has 0 saturated heterocycles. The molecule has 2 N–H and O–H groups in total. The molecule has 2 aromatic rings. The molecule has 0 fully saturated rings. The van der Waals surface area contributed by atoms with Crippen LogP contribution in [-0.4, -0.2) is 41.6 Å². The van der Waals surface area contributed by atoms with Crippen molar-refractivity contribution in [2.45, 2.75) is 38.3 Å². The Morgan fingerprint density at radius 1 is 1.31 bits per heavy atom. The molecule has 0 radical (unpaired) electrons. The Morgan fingerprint density at radius 2 is 2.23 bits per heavy atom. The standard InChI is InChI=1S/C19H22N4O3/c24-19-18-14-10-13(2-3-15(14)22-23(18)8-7-21-19)20-6-5-12-1-4-16-17(9-12)26-11-25-16/h1,4,9,13,20H,2-3,5-8,10-11H2,(H,21,24). The van der Waals surface area contributed by atoms with Crippen LogP contribution in [0.3, 0.4) is 0 Å². The van der Waals surface area contributed by atoms with Crippen LogP contribution in [-0.2, 0) is 25.8 Å². The summed E-state index contributed by atoms with van der Waals surface area (Å²) < 4.78 is 12.7. The normalized spacial score (nSPS) is 20.5. The van der Waals surface area contributed by atoms with Crippen molar-refractivity contribution < 1.29 is 14.3 Å². The topological polar surface area (TPSA) is 77.4 Å². The summed E-state index contributed by atoms with van der Waals surface area (Å²) >= 11 is 0. The SMILES string of the molecule is O=C1NCCn2nc3c(c21)CC(NCCc1ccc2c(c1)OCO2)CC3. The average Bonchev–Trinajstić information content (AvgIpc) is 3.25. The molecule has 0 saturated carbocycles. The van der Waals surface area contributed by atoms with Crippen molar-refractivity contribution in [1.82, 2.24) is 20.4 Å². The largest absolute Gasteiger partial charge is 0.454 e. The summed E-state index contributed by atoms with van der Waals surface area (Å²) in [5.74, 6) is 1.68. The molecule has 1 aromatic carbocycles. The zero-order valence-electron chi connectivity index (χ0n) is 14.6. The lowest BCUT2D eigenvalue weighted by atomic mass is 9.91. The van der Waals surface area contributed by atoms with E-state index in [1.807, 2.05) is 10.7 Å². The van der Waals surface area contributed by atoms with Gasteiger partial charge in [-0.15, -0.1) is 0 Å². The van der Waals surface area contributed by atoms with Gasteiger partial charge in [0.15, 0.2) is 11.5 Å². The highest BCUT2D eigenvalue weighted by molar-refractivity contribution is 5.95. The highest BCUT2D eigenvalue weighted by atomic mass is 16.7. The molecule has 0 bridgehead atoms. The summed E-state index contributed by atoms with van der Waals surface area (Å²) in [6.07, 6.45) is 3.81. The monoisotopic (exact) mass is 354 g/mol. The summed E-state index contributed by atoms with van der Waals surface area (Å²) in [6.45, 7) is 2.65. The lowest BCUT2D eigenvalue weighted by Crippen LogP contribution is -2.38. The van der Waals surface area contributed by atoms with Gasteiger partial charge in [-0.25, -0.2) is 0 Å². The first-order chi connectivity index (χ1) is 12.8. The van der Waals surface area contributed by atoms with Crippen molar-refractivity contribution in [2.75, 3.05) is 19.9 Å². The second-order valence-corrected chi connectivity index (χ2v) is 7.08. The third kappa shape index (κ3) is 2.72. The second kappa shape index (κ2) is 6.32. The van der Waals surface area contributed by atoms with Gasteiger partial charge in [0.2, 0.25) is 6.79 Å². The van der Waals surface area contributed by atoms with E-state index in [9.17, 15) is 4.79 Å². The van der Waals surface area contributed by atoms with Gasteiger partial charge in [0.05, 0.1) is 12.2 Å². The lowest BCUT2D eigenvalue weighted by molar-refractivity contribution is 0.0923. The van der Waals surface area contributed by atoms with Crippen LogP contribution < -0.4 is 20.1 Å². The molecule has 7 heteroatoms. The Balaban J connectivity index is 1.22. The predicted octanol–water partition coefficient (Wildman–Crippen LogP) is 1.04. The van der Waals surface area contributed by atoms with Gasteiger partial charge >= 0.3 is 0 Å². The molecule has 1 amide bonds. The quantitative estimate of drug-likeness (QED) is 0.858. The van der Waals surface area contributed by atoms with E-state index in [-0.39, 0.29) is 5.91 Å². The van der Waals surface area contributed by atoms with E-state index in [1.54, 1.807) is 0 Å². The van der Waals surface area contributed by atoms with Gasteiger partial charge in [-0.05, 0) is 49.9 Å². The molecule has 136 valence electrons. The van der Waals surface area contributed by atoms with Crippen LogP contribution in [0.2, 0.25) is 0 Å². The van der Waals surface area contributed by atoms with Gasteiger partial charge in [0.25, 0.3) is 5.91 Å². The number of ether oxygens (including phenoxy) is 2. The molecule has 26 heavy (non-hydrogen) atoms. The number of nitrogens with one attached hydrogen (secondary N) is 2. The highest BCUT2D eigenvalue weighted by Gasteiger charge is 2.30. The average molecular weight is 354 g/mol. The smallest absolute Gasteiger partial charge is 0.269 e. The van der Waals surface area contributed by atoms with E-state index in [4.69, 9.17) is 9.47 Å². The van der Waals surface area contributed by atoms with Gasteiger partial charge < -0.3 is 20.1 Å². The molecule has 5 rings (SSSR count). The number of aryl methyl sites for hydroxylation is 1. The number of carbonyl (C=O) groups is 1. The van der Waals surface area contributed by atoms with Gasteiger partial charge in [0, 0.05) is 18.2 Å². The zero-order valence-corrected chi connectivity index (χ0v) is 14.6. The number of hydrogen-bond donors (Lipinski definition) is 2. The van der Waals surface area contributed by atoms with Crippen LogP contribution in [0.25, 0.3) is 0 Å². The first-order valence-corrected chi connectivity index (χ1v) is 9.26. The number of benzene rings is 1. The molecule has 3 aliphatic rings. The molecule has 1 aromatic heterocycles. The Morgan fingerprint density at radius 3 is 3.19 bits per heavy atom. The number of amides is 1. The Labute approximate surface area is 151 Å². The fraction of sp³-hybridized carbons (Fsp3) is 0.474. The van der Waals surface area contributed by atoms with Crippen molar-refractivity contribution >= 4 is 5.91 Å². The van der Waals surface area contributed by atoms with E-state index >= 15 is 0 Å². The summed E-state index contributed by atoms with van der Waals surface area (Å²) in [5, 5.41) is 11.2. The van der Waals surface area contributed by atoms with E-state index < -0.39 is 0 Å². The van der Waals surface area contributed by atoms with Crippen LogP contribution in [0.4, 0.5) is 0 Å². The van der Waals surface area contributed by atoms with Gasteiger partial charge in [-0.3, -0.25) is 9.48 Å². The lowest BCUT2D eigenvalue weighted by Gasteiger charge is -2.24. The van der Waals surface area contributed by atoms with E-state index in [0.29, 0.717) is 19.4 Å². The molecular weight excluding hydrogens is 332 g/mol. The summed E-state index contributed by atoms with van der Waals surface area (Å²) in [6, 6.07) is 6.51. The van der Waals surface area contributed by atoms with Gasteiger partial charge in [-0.1, -0.05) is 6.07 Å². The Bertz CT molecular complexity index is 861. The molecule has 1 atom stereocenters. The second-order valence-electron chi connectivity index (χ2n) is 7.08. The highest BCUT2D eigenvalue weighted by Crippen LogP contribution is 2.32. The number of aromatic nitrogens is 2. The zero-order chi connectivity index (χ0) is 17.5. The Hall–Kier alpha value is -2.54. The maximum Gasteiger partial charge on any atom is 0.269 e. The maximum atomic E-state index is 12.2. The summed E-state index contributed by atoms with van der Waals surface area (Å²) in [4.78, 5) is 12.2. The van der Waals surface area contributed by atoms with Gasteiger partial charge in [-0.2, -0.15) is 5.10 Å². The molecule has 1 aliphatic carbocycles. The number of fused-ring (bicyclic) bond motifs is 4. The number of rotatable bonds is 4. The number of nitrogens with zero attached hydrogens (tertiary/aromatic N) is 2. The predicted molar refractivity (Wildman–Crippen MR) is 94.6 cm³/mol. The third-order valence-corrected chi connectivity index (χ3v) is 5.42. The minimum absolute atomic E-state index is 0.0195. The molecule has 2 aliphatic heterocycles. The number of carbonyl (C=O) groups excluding carboxylic acids is 1. The van der Waals surface area contributed by atoms with Crippen LogP contribution in [0.1, 0.15) is 33.7 Å². The van der Waals surface area contributed by atoms with Crippen LogP contribution in [0.5, 0.6) is 11.5 Å². The van der Waals surface area contributed by atoms with Crippen molar-refractivity contribution in [3.63, 3.8) is 0 Å². The minimum Gasteiger partial charge on any atom is -0.454 e. The minimum atomic E-state index is 0.0195. The maximum absolute atomic E-state index is 12.2. The third-order valence-electron chi connectivity index (χ3n) is 5.42. The molecule has 7 nitrogen and oxygen atoms in total. The summed E-state index contributed by atoms with van der Waals surface area (Å²) in [5.41, 5.74) is 4.24. The Kier molecular flexibility index (Phi) is 3.81. The first-order valence-electron chi connectivity index (χ1n) is 9.26. The van der Waals surface area contributed by atoms with E-state index in [1.165, 1.54) is 5.56 Å². The van der Waals surface area contributed by atoms with Crippen LogP contribution >= 0.6 is 0 Å². The van der Waals surface area contributed by atoms with Crippen LogP contribution in [0, 0.1) is 0 Å². The summed E-state index contributed by atoms with van der Waals surface area (Å²) in [7, 11) is 0. The van der Waals surface area contributed by atoms with E-state index in [0.717, 1.165) is 67.2 Å². The van der Waals surface area contributed by atoms with Crippen molar-refractivity contribution in [3.05, 3.63) is 40.7 Å². The number of hydrogen-bond acceptors (Lipinski definition) is 5. The fourth-order valence-electron chi connectivity index (χ4n) is 4.09. The van der Waals surface area contributed by atoms with Gasteiger partial charge in [0.1, 0.15) is 5.69 Å². The molecule has 0 spiro atoms. The first kappa shape index (κ1) is 15.7. The molecule has 1 unspecified atom stereocenters. The van der Waals surface area contributed by atoms with Crippen LogP contribution in [0.15, 0.2) is 18.2 Å². The van der Waals surface area contributed by atoms with Crippen molar-refractivity contribution in [2.24, 2.45) is 0 Å². The molecule has 3 heterocycles. The van der Waals surface area contributed by atoms with Crippen molar-refractivity contribution in [1.29, 1.82) is 0 Å². The fourth-order valence-corrected chi connectivity index (χ4v) is 4.09.